The summed E-state index contributed by atoms with van der Waals surface area (Å²) in [7, 11) is 0. The summed E-state index contributed by atoms with van der Waals surface area (Å²) in [6, 6.07) is 0. The van der Waals surface area contributed by atoms with Crippen LogP contribution in [-0.2, 0) is 14.3 Å². The number of carbonyl (C=O) groups is 1. The Balaban J connectivity index is 1.88. The number of hydrogen-bond donors (Lipinski definition) is 0. The highest BCUT2D eigenvalue weighted by Crippen LogP contribution is 2.25. The van der Waals surface area contributed by atoms with Crippen LogP contribution in [-0.4, -0.2) is 54.7 Å². The molecule has 2 heterocycles. The Morgan fingerprint density at radius 3 is 2.62 bits per heavy atom. The molecule has 0 aromatic carbocycles. The Kier molecular flexibility index (Phi) is 4.05. The van der Waals surface area contributed by atoms with E-state index in [0.717, 1.165) is 12.8 Å². The van der Waals surface area contributed by atoms with Gasteiger partial charge in [0, 0.05) is 13.1 Å². The molecule has 5 heteroatoms. The van der Waals surface area contributed by atoms with Crippen LogP contribution in [0.25, 0.3) is 0 Å². The molecular weight excluding hydrogens is 230 g/mol. The number of hydrogen-bond acceptors (Lipinski definition) is 3. The molecule has 0 aromatic rings. The molecule has 0 aliphatic carbocycles. The van der Waals surface area contributed by atoms with Gasteiger partial charge in [-0.3, -0.25) is 4.79 Å². The van der Waals surface area contributed by atoms with Gasteiger partial charge < -0.3 is 14.4 Å². The summed E-state index contributed by atoms with van der Waals surface area (Å²) in [5.41, 5.74) is 0. The molecule has 0 radical (unpaired) electrons. The predicted molar refractivity (Wildman–Crippen MR) is 60.6 cm³/mol. The van der Waals surface area contributed by atoms with Crippen LogP contribution < -0.4 is 0 Å². The van der Waals surface area contributed by atoms with Crippen molar-refractivity contribution in [3.8, 4) is 0 Å². The second kappa shape index (κ2) is 5.34. The summed E-state index contributed by atoms with van der Waals surface area (Å²) in [6.45, 7) is 4.52. The molecule has 0 N–H and O–H groups in total. The van der Waals surface area contributed by atoms with Crippen LogP contribution in [0.4, 0.5) is 0 Å². The van der Waals surface area contributed by atoms with E-state index < -0.39 is 5.38 Å². The number of ether oxygens (including phenoxy) is 2. The quantitative estimate of drug-likeness (QED) is 0.684. The van der Waals surface area contributed by atoms with Crippen LogP contribution in [0.1, 0.15) is 19.8 Å². The lowest BCUT2D eigenvalue weighted by Crippen LogP contribution is -2.47. The minimum atomic E-state index is -0.539. The van der Waals surface area contributed by atoms with Crippen LogP contribution in [0.5, 0.6) is 0 Å². The lowest BCUT2D eigenvalue weighted by atomic mass is 10.1. The third-order valence-electron chi connectivity index (χ3n) is 3.15. The van der Waals surface area contributed by atoms with Crippen molar-refractivity contribution in [1.29, 1.82) is 0 Å². The first-order chi connectivity index (χ1) is 7.68. The molecule has 92 valence electrons. The van der Waals surface area contributed by atoms with E-state index in [4.69, 9.17) is 21.1 Å². The van der Waals surface area contributed by atoms with Crippen molar-refractivity contribution in [2.24, 2.45) is 0 Å². The topological polar surface area (TPSA) is 38.8 Å². The third kappa shape index (κ3) is 2.67. The molecule has 16 heavy (non-hydrogen) atoms. The summed E-state index contributed by atoms with van der Waals surface area (Å²) in [6.07, 6.45) is 1.98. The Bertz CT molecular complexity index is 256. The van der Waals surface area contributed by atoms with Crippen LogP contribution in [0.2, 0.25) is 0 Å². The minimum Gasteiger partial charge on any atom is -0.378 e. The average molecular weight is 248 g/mol. The van der Waals surface area contributed by atoms with E-state index in [-0.39, 0.29) is 18.1 Å². The first kappa shape index (κ1) is 12.1. The Hall–Kier alpha value is -0.320. The number of alkyl halides is 1. The highest BCUT2D eigenvalue weighted by atomic mass is 35.5. The highest BCUT2D eigenvalue weighted by molar-refractivity contribution is 6.31. The molecular formula is C11H18ClNO3. The van der Waals surface area contributed by atoms with Crippen LogP contribution in [0.15, 0.2) is 0 Å². The van der Waals surface area contributed by atoms with E-state index in [2.05, 4.69) is 0 Å². The molecule has 0 bridgehead atoms. The zero-order valence-electron chi connectivity index (χ0n) is 9.52. The van der Waals surface area contributed by atoms with Gasteiger partial charge in [-0.15, -0.1) is 11.6 Å². The van der Waals surface area contributed by atoms with E-state index >= 15 is 0 Å². The van der Waals surface area contributed by atoms with Crippen molar-refractivity contribution in [1.82, 2.24) is 4.90 Å². The van der Waals surface area contributed by atoms with Crippen LogP contribution in [0, 0.1) is 0 Å². The van der Waals surface area contributed by atoms with Gasteiger partial charge in [0.2, 0.25) is 5.91 Å². The zero-order chi connectivity index (χ0) is 11.5. The maximum Gasteiger partial charge on any atom is 0.243 e. The summed E-state index contributed by atoms with van der Waals surface area (Å²) >= 11 is 6.18. The van der Waals surface area contributed by atoms with Crippen molar-refractivity contribution in [2.45, 2.75) is 37.4 Å². The molecule has 2 aliphatic heterocycles. The van der Waals surface area contributed by atoms with E-state index in [9.17, 15) is 4.79 Å². The largest absolute Gasteiger partial charge is 0.378 e. The molecule has 0 saturated carbocycles. The Morgan fingerprint density at radius 1 is 1.38 bits per heavy atom. The molecule has 3 atom stereocenters. The van der Waals surface area contributed by atoms with Gasteiger partial charge in [0.1, 0.15) is 5.38 Å². The number of amides is 1. The fourth-order valence-corrected chi connectivity index (χ4v) is 2.49. The van der Waals surface area contributed by atoms with Crippen LogP contribution in [0.3, 0.4) is 0 Å². The number of halogens is 1. The fraction of sp³-hybridized carbons (Fsp3) is 0.909. The molecule has 2 saturated heterocycles. The van der Waals surface area contributed by atoms with E-state index in [0.29, 0.717) is 26.3 Å². The van der Waals surface area contributed by atoms with Gasteiger partial charge in [0.05, 0.1) is 25.4 Å². The van der Waals surface area contributed by atoms with Crippen molar-refractivity contribution >= 4 is 17.5 Å². The molecule has 3 unspecified atom stereocenters. The lowest BCUT2D eigenvalue weighted by molar-refractivity contribution is -0.137. The second-order valence-corrected chi connectivity index (χ2v) is 4.87. The number of carbonyl (C=O) groups excluding carboxylic acids is 1. The molecule has 2 fully saturated rings. The van der Waals surface area contributed by atoms with Gasteiger partial charge >= 0.3 is 0 Å². The normalized spacial score (nSPS) is 32.8. The SMILES string of the molecule is CC1CCC(C(Cl)C(=O)N2CCOCC2)O1. The fourth-order valence-electron chi connectivity index (χ4n) is 2.17. The van der Waals surface area contributed by atoms with Gasteiger partial charge in [0.25, 0.3) is 0 Å². The summed E-state index contributed by atoms with van der Waals surface area (Å²) in [4.78, 5) is 13.8. The number of rotatable bonds is 2. The number of morpholine rings is 1. The molecule has 0 spiro atoms. The van der Waals surface area contributed by atoms with Crippen molar-refractivity contribution in [2.75, 3.05) is 26.3 Å². The third-order valence-corrected chi connectivity index (χ3v) is 3.62. The van der Waals surface area contributed by atoms with Gasteiger partial charge in [-0.25, -0.2) is 0 Å². The van der Waals surface area contributed by atoms with Crippen molar-refractivity contribution in [3.05, 3.63) is 0 Å². The van der Waals surface area contributed by atoms with E-state index in [1.54, 1.807) is 4.90 Å². The van der Waals surface area contributed by atoms with Gasteiger partial charge in [-0.05, 0) is 19.8 Å². The summed E-state index contributed by atoms with van der Waals surface area (Å²) < 4.78 is 10.8. The molecule has 4 nitrogen and oxygen atoms in total. The molecule has 2 rings (SSSR count). The molecule has 1 amide bonds. The smallest absolute Gasteiger partial charge is 0.243 e. The van der Waals surface area contributed by atoms with Gasteiger partial charge in [-0.2, -0.15) is 0 Å². The standard InChI is InChI=1S/C11H18ClNO3/c1-8-2-3-9(16-8)10(12)11(14)13-4-6-15-7-5-13/h8-10H,2-7H2,1H3. The molecule has 0 aromatic heterocycles. The maximum atomic E-state index is 12.1. The monoisotopic (exact) mass is 247 g/mol. The lowest BCUT2D eigenvalue weighted by Gasteiger charge is -2.30. The van der Waals surface area contributed by atoms with Crippen molar-refractivity contribution < 1.29 is 14.3 Å². The predicted octanol–water partition coefficient (Wildman–Crippen LogP) is 1.02. The van der Waals surface area contributed by atoms with Gasteiger partial charge in [0.15, 0.2) is 0 Å². The van der Waals surface area contributed by atoms with E-state index in [1.165, 1.54) is 0 Å². The summed E-state index contributed by atoms with van der Waals surface area (Å²) in [5.74, 6) is -0.0101. The van der Waals surface area contributed by atoms with Crippen LogP contribution >= 0.6 is 11.6 Å². The zero-order valence-corrected chi connectivity index (χ0v) is 10.3. The van der Waals surface area contributed by atoms with E-state index in [1.807, 2.05) is 6.92 Å². The average Bonchev–Trinajstić information content (AvgIpc) is 2.75. The van der Waals surface area contributed by atoms with Crippen molar-refractivity contribution in [3.63, 3.8) is 0 Å². The Labute approximate surface area is 101 Å². The molecule has 2 aliphatic rings. The maximum absolute atomic E-state index is 12.1. The van der Waals surface area contributed by atoms with Gasteiger partial charge in [-0.1, -0.05) is 0 Å². The second-order valence-electron chi connectivity index (χ2n) is 4.40. The first-order valence-electron chi connectivity index (χ1n) is 5.84. The number of nitrogens with zero attached hydrogens (tertiary/aromatic N) is 1. The first-order valence-corrected chi connectivity index (χ1v) is 6.28. The highest BCUT2D eigenvalue weighted by Gasteiger charge is 2.35. The minimum absolute atomic E-state index is 0.0101. The Morgan fingerprint density at radius 2 is 2.06 bits per heavy atom. The summed E-state index contributed by atoms with van der Waals surface area (Å²) in [5, 5.41) is -0.539.